The van der Waals surface area contributed by atoms with Crippen molar-refractivity contribution in [2.24, 2.45) is 5.92 Å². The van der Waals surface area contributed by atoms with Gasteiger partial charge in [0.2, 0.25) is 0 Å². The van der Waals surface area contributed by atoms with Crippen molar-refractivity contribution >= 4 is 11.6 Å². The molecule has 2 rings (SSSR count). The van der Waals surface area contributed by atoms with E-state index >= 15 is 0 Å². The lowest BCUT2D eigenvalue weighted by atomic mass is 9.77. The molecule has 2 heteroatoms. The number of ether oxygens (including phenoxy) is 1. The summed E-state index contributed by atoms with van der Waals surface area (Å²) in [6, 6.07) is 8.48. The molecule has 0 saturated heterocycles. The first-order valence-electron chi connectivity index (χ1n) is 8.62. The molecule has 0 bridgehead atoms. The zero-order valence-electron chi connectivity index (χ0n) is 13.3. The van der Waals surface area contributed by atoms with Gasteiger partial charge in [-0.05, 0) is 68.6 Å². The van der Waals surface area contributed by atoms with E-state index in [-0.39, 0.29) is 0 Å². The molecular weight excluding hydrogens is 280 g/mol. The second-order valence-electron chi connectivity index (χ2n) is 6.32. The number of benzene rings is 1. The van der Waals surface area contributed by atoms with E-state index in [2.05, 4.69) is 19.1 Å². The highest BCUT2D eigenvalue weighted by Gasteiger charge is 2.21. The van der Waals surface area contributed by atoms with Gasteiger partial charge in [0.15, 0.2) is 0 Å². The first kappa shape index (κ1) is 16.8. The van der Waals surface area contributed by atoms with Crippen molar-refractivity contribution in [1.82, 2.24) is 0 Å². The summed E-state index contributed by atoms with van der Waals surface area (Å²) in [5, 5.41) is 0.847. The minimum atomic E-state index is 0.761. The Morgan fingerprint density at radius 3 is 2.38 bits per heavy atom. The third-order valence-electron chi connectivity index (χ3n) is 4.79. The summed E-state index contributed by atoms with van der Waals surface area (Å²) in [5.74, 6) is 1.72. The second kappa shape index (κ2) is 9.48. The fourth-order valence-electron chi connectivity index (χ4n) is 3.48. The molecule has 1 aliphatic carbocycles. The minimum absolute atomic E-state index is 0.761. The monoisotopic (exact) mass is 308 g/mol. The highest BCUT2D eigenvalue weighted by molar-refractivity contribution is 6.30. The maximum Gasteiger partial charge on any atom is 0.0465 e. The number of rotatable bonds is 8. The number of hydrogen-bond acceptors (Lipinski definition) is 1. The average molecular weight is 309 g/mol. The highest BCUT2D eigenvalue weighted by Crippen LogP contribution is 2.37. The van der Waals surface area contributed by atoms with Gasteiger partial charge in [-0.15, -0.1) is 0 Å². The maximum absolute atomic E-state index is 5.97. The van der Waals surface area contributed by atoms with Gasteiger partial charge in [-0.1, -0.05) is 43.0 Å². The van der Waals surface area contributed by atoms with Crippen molar-refractivity contribution in [3.05, 3.63) is 34.9 Å². The van der Waals surface area contributed by atoms with E-state index in [1.807, 2.05) is 12.1 Å². The van der Waals surface area contributed by atoms with Crippen LogP contribution in [-0.4, -0.2) is 13.2 Å². The van der Waals surface area contributed by atoms with Crippen LogP contribution in [-0.2, 0) is 4.74 Å². The van der Waals surface area contributed by atoms with E-state index in [1.165, 1.54) is 56.9 Å². The van der Waals surface area contributed by atoms with Crippen LogP contribution in [0.5, 0.6) is 0 Å². The summed E-state index contributed by atoms with van der Waals surface area (Å²) in [6.45, 7) is 3.87. The first-order chi connectivity index (χ1) is 10.3. The van der Waals surface area contributed by atoms with Crippen molar-refractivity contribution in [2.45, 2.75) is 64.2 Å². The summed E-state index contributed by atoms with van der Waals surface area (Å²) in [6.07, 6.45) is 10.9. The molecule has 1 nitrogen and oxygen atoms in total. The van der Waals surface area contributed by atoms with Gasteiger partial charge in [-0.25, -0.2) is 0 Å². The first-order valence-corrected chi connectivity index (χ1v) is 9.00. The Kier molecular flexibility index (Phi) is 7.60. The summed E-state index contributed by atoms with van der Waals surface area (Å²) in [4.78, 5) is 0. The molecule has 0 N–H and O–H groups in total. The standard InChI is InChI=1S/C19H29ClO/c1-2-21-15-5-3-4-6-16-7-9-17(10-8-16)18-11-13-19(20)14-12-18/h11-14,16-17H,2-10,15H2,1H3. The molecule has 1 aromatic carbocycles. The topological polar surface area (TPSA) is 9.23 Å². The quantitative estimate of drug-likeness (QED) is 0.519. The van der Waals surface area contributed by atoms with Crippen LogP contribution in [0.1, 0.15) is 69.8 Å². The van der Waals surface area contributed by atoms with Crippen LogP contribution in [0.3, 0.4) is 0 Å². The predicted octanol–water partition coefficient (Wildman–Crippen LogP) is 6.21. The van der Waals surface area contributed by atoms with E-state index in [9.17, 15) is 0 Å². The molecule has 1 aliphatic rings. The van der Waals surface area contributed by atoms with Gasteiger partial charge < -0.3 is 4.74 Å². The smallest absolute Gasteiger partial charge is 0.0465 e. The fraction of sp³-hybridized carbons (Fsp3) is 0.684. The van der Waals surface area contributed by atoms with Crippen LogP contribution in [0.25, 0.3) is 0 Å². The average Bonchev–Trinajstić information content (AvgIpc) is 2.52. The van der Waals surface area contributed by atoms with Gasteiger partial charge in [-0.2, -0.15) is 0 Å². The van der Waals surface area contributed by atoms with Crippen molar-refractivity contribution in [1.29, 1.82) is 0 Å². The summed E-state index contributed by atoms with van der Waals surface area (Å²) >= 11 is 5.97. The van der Waals surface area contributed by atoms with Gasteiger partial charge in [-0.3, -0.25) is 0 Å². The van der Waals surface area contributed by atoms with Gasteiger partial charge >= 0.3 is 0 Å². The highest BCUT2D eigenvalue weighted by atomic mass is 35.5. The Labute approximate surface area is 135 Å². The Bertz CT molecular complexity index is 379. The number of unbranched alkanes of at least 4 members (excludes halogenated alkanes) is 2. The lowest BCUT2D eigenvalue weighted by molar-refractivity contribution is 0.142. The molecule has 1 saturated carbocycles. The Morgan fingerprint density at radius 2 is 1.71 bits per heavy atom. The van der Waals surface area contributed by atoms with E-state index in [0.29, 0.717) is 0 Å². The Morgan fingerprint density at radius 1 is 1.00 bits per heavy atom. The maximum atomic E-state index is 5.97. The summed E-state index contributed by atoms with van der Waals surface area (Å²) < 4.78 is 5.39. The predicted molar refractivity (Wildman–Crippen MR) is 91.1 cm³/mol. The molecule has 0 unspecified atom stereocenters. The van der Waals surface area contributed by atoms with Crippen LogP contribution in [0.4, 0.5) is 0 Å². The molecule has 0 amide bonds. The van der Waals surface area contributed by atoms with Crippen LogP contribution in [0, 0.1) is 5.92 Å². The zero-order chi connectivity index (χ0) is 14.9. The van der Waals surface area contributed by atoms with Gasteiger partial charge in [0.1, 0.15) is 0 Å². The van der Waals surface area contributed by atoms with Crippen molar-refractivity contribution in [3.63, 3.8) is 0 Å². The second-order valence-corrected chi connectivity index (χ2v) is 6.75. The molecular formula is C19H29ClO. The molecule has 0 spiro atoms. The minimum Gasteiger partial charge on any atom is -0.382 e. The summed E-state index contributed by atoms with van der Waals surface area (Å²) in [7, 11) is 0. The molecule has 21 heavy (non-hydrogen) atoms. The lowest BCUT2D eigenvalue weighted by Crippen LogP contribution is -2.13. The Balaban J connectivity index is 1.61. The Hall–Kier alpha value is -0.530. The molecule has 0 aliphatic heterocycles. The number of hydrogen-bond donors (Lipinski definition) is 0. The van der Waals surface area contributed by atoms with E-state index < -0.39 is 0 Å². The van der Waals surface area contributed by atoms with Gasteiger partial charge in [0, 0.05) is 18.2 Å². The van der Waals surface area contributed by atoms with Crippen molar-refractivity contribution < 1.29 is 4.74 Å². The van der Waals surface area contributed by atoms with Crippen LogP contribution in [0.2, 0.25) is 5.02 Å². The molecule has 118 valence electrons. The van der Waals surface area contributed by atoms with E-state index in [0.717, 1.165) is 30.1 Å². The van der Waals surface area contributed by atoms with Crippen LogP contribution < -0.4 is 0 Å². The molecule has 1 aromatic rings. The largest absolute Gasteiger partial charge is 0.382 e. The van der Waals surface area contributed by atoms with Crippen LogP contribution in [0.15, 0.2) is 24.3 Å². The van der Waals surface area contributed by atoms with E-state index in [1.54, 1.807) is 0 Å². The number of halogens is 1. The SMILES string of the molecule is CCOCCCCCC1CCC(c2ccc(Cl)cc2)CC1. The van der Waals surface area contributed by atoms with E-state index in [4.69, 9.17) is 16.3 Å². The molecule has 0 atom stereocenters. The van der Waals surface area contributed by atoms with Gasteiger partial charge in [0.25, 0.3) is 0 Å². The summed E-state index contributed by atoms with van der Waals surface area (Å²) in [5.41, 5.74) is 1.48. The third-order valence-corrected chi connectivity index (χ3v) is 5.05. The fourth-order valence-corrected chi connectivity index (χ4v) is 3.60. The van der Waals surface area contributed by atoms with Crippen LogP contribution >= 0.6 is 11.6 Å². The molecule has 0 aromatic heterocycles. The zero-order valence-corrected chi connectivity index (χ0v) is 14.1. The lowest BCUT2D eigenvalue weighted by Gasteiger charge is -2.29. The normalized spacial score (nSPS) is 22.4. The molecule has 1 fully saturated rings. The van der Waals surface area contributed by atoms with Crippen molar-refractivity contribution in [2.75, 3.05) is 13.2 Å². The third kappa shape index (κ3) is 6.00. The molecule has 0 heterocycles. The van der Waals surface area contributed by atoms with Crippen molar-refractivity contribution in [3.8, 4) is 0 Å². The molecule has 0 radical (unpaired) electrons. The van der Waals surface area contributed by atoms with Gasteiger partial charge in [0.05, 0.1) is 0 Å².